The first-order valence-corrected chi connectivity index (χ1v) is 14.1. The Morgan fingerprint density at radius 3 is 2.46 bits per heavy atom. The molecule has 1 unspecified atom stereocenters. The lowest BCUT2D eigenvalue weighted by atomic mass is 9.43. The van der Waals surface area contributed by atoms with Crippen LogP contribution in [-0.4, -0.2) is 18.5 Å². The third kappa shape index (κ3) is 2.71. The molecule has 5 aliphatic carbocycles. The maximum absolute atomic E-state index is 11.3. The van der Waals surface area contributed by atoms with Gasteiger partial charge in [-0.1, -0.05) is 66.5 Å². The van der Waals surface area contributed by atoms with Gasteiger partial charge in [-0.15, -0.1) is 5.98 Å². The highest BCUT2D eigenvalue weighted by atomic mass is 35.5. The molecule has 3 aromatic carbocycles. The van der Waals surface area contributed by atoms with Gasteiger partial charge in [0, 0.05) is 16.4 Å². The van der Waals surface area contributed by atoms with Gasteiger partial charge >= 0.3 is 0 Å². The van der Waals surface area contributed by atoms with Gasteiger partial charge in [0.25, 0.3) is 0 Å². The quantitative estimate of drug-likeness (QED) is 0.356. The molecule has 3 aromatic rings. The predicted octanol–water partition coefficient (Wildman–Crippen LogP) is 7.70. The van der Waals surface area contributed by atoms with E-state index in [0.29, 0.717) is 18.3 Å². The van der Waals surface area contributed by atoms with Gasteiger partial charge in [-0.3, -0.25) is 0 Å². The largest absolute Gasteiger partial charge is 0.392 e. The molecule has 0 aromatic heterocycles. The van der Waals surface area contributed by atoms with Crippen molar-refractivity contribution in [3.05, 3.63) is 82.3 Å². The Balaban J connectivity index is 1.50. The fourth-order valence-electron chi connectivity index (χ4n) is 9.60. The van der Waals surface area contributed by atoms with E-state index in [1.165, 1.54) is 65.1 Å². The molecular weight excluding hydrogens is 447 g/mol. The van der Waals surface area contributed by atoms with Crippen LogP contribution in [0.2, 0.25) is 11.3 Å². The molecule has 35 heavy (non-hydrogen) atoms. The lowest BCUT2D eigenvalue weighted by Crippen LogP contribution is -2.55. The molecule has 1 spiro atoms. The summed E-state index contributed by atoms with van der Waals surface area (Å²) in [6.45, 7) is 0. The van der Waals surface area contributed by atoms with Crippen LogP contribution in [0.1, 0.15) is 61.1 Å². The number of hydrogen-bond donors (Lipinski definition) is 1. The number of rotatable bonds is 1. The molecule has 1 N–H and O–H groups in total. The van der Waals surface area contributed by atoms with Crippen LogP contribution in [0.5, 0.6) is 0 Å². The second-order valence-corrected chi connectivity index (χ2v) is 12.5. The average molecular weight is 478 g/mol. The zero-order chi connectivity index (χ0) is 23.3. The monoisotopic (exact) mass is 477 g/mol. The molecule has 6 aliphatic rings. The highest BCUT2D eigenvalue weighted by molar-refractivity contribution is 6.42. The first-order valence-electron chi connectivity index (χ1n) is 13.7. The summed E-state index contributed by atoms with van der Waals surface area (Å²) in [5.74, 6) is 5.37. The SMILES string of the molecule is O[C@@H]1CC=C[B]CC1c1cc2ccccc2c2c1-c1cccc(Cl)c1C21C2CC3CC(C2)CC1C3. The molecule has 1 radical (unpaired) electrons. The van der Waals surface area contributed by atoms with Gasteiger partial charge in [0.1, 0.15) is 7.28 Å². The first kappa shape index (κ1) is 21.1. The van der Waals surface area contributed by atoms with Crippen LogP contribution in [-0.2, 0) is 5.41 Å². The summed E-state index contributed by atoms with van der Waals surface area (Å²) in [5, 5.41) is 15.0. The summed E-state index contributed by atoms with van der Waals surface area (Å²) in [7, 11) is 2.24. The normalized spacial score (nSPS) is 36.3. The van der Waals surface area contributed by atoms with Crippen LogP contribution < -0.4 is 0 Å². The van der Waals surface area contributed by atoms with E-state index in [2.05, 4.69) is 67.9 Å². The van der Waals surface area contributed by atoms with Crippen LogP contribution in [0, 0.1) is 23.7 Å². The molecule has 4 saturated carbocycles. The van der Waals surface area contributed by atoms with Gasteiger partial charge in [0.05, 0.1) is 6.10 Å². The topological polar surface area (TPSA) is 20.2 Å². The van der Waals surface area contributed by atoms with Crippen LogP contribution in [0.15, 0.2) is 60.6 Å². The van der Waals surface area contributed by atoms with Crippen molar-refractivity contribution in [2.24, 2.45) is 23.7 Å². The van der Waals surface area contributed by atoms with Gasteiger partial charge in [-0.25, -0.2) is 0 Å². The summed E-state index contributed by atoms with van der Waals surface area (Å²) < 4.78 is 0. The molecule has 1 heterocycles. The lowest BCUT2D eigenvalue weighted by Gasteiger charge is -2.61. The van der Waals surface area contributed by atoms with Crippen molar-refractivity contribution in [1.29, 1.82) is 0 Å². The van der Waals surface area contributed by atoms with Crippen LogP contribution >= 0.6 is 11.6 Å². The molecule has 0 saturated heterocycles. The summed E-state index contributed by atoms with van der Waals surface area (Å²) >= 11 is 7.22. The fraction of sp³-hybridized carbons (Fsp3) is 0.438. The standard InChI is InChI=1S/C32H31BClO/c34-27-8-3-7-24-29-25(26-17-33-10-4-9-28(26)35)16-20-5-1-2-6-23(20)31(29)32(30(24)27)21-12-18-11-19(14-21)15-22(32)13-18/h1-8,10,16,18-19,21-22,26,28,35H,9,11-15,17H2/t18?,19?,21?,22?,26?,28-,32?/m1/s1. The Morgan fingerprint density at radius 1 is 0.886 bits per heavy atom. The highest BCUT2D eigenvalue weighted by Crippen LogP contribution is 2.71. The van der Waals surface area contributed by atoms with Crippen molar-refractivity contribution in [3.8, 4) is 11.1 Å². The van der Waals surface area contributed by atoms with E-state index in [4.69, 9.17) is 11.6 Å². The van der Waals surface area contributed by atoms with Crippen LogP contribution in [0.25, 0.3) is 21.9 Å². The van der Waals surface area contributed by atoms with E-state index in [9.17, 15) is 5.11 Å². The minimum absolute atomic E-state index is 0.0175. The van der Waals surface area contributed by atoms with E-state index in [1.54, 1.807) is 5.56 Å². The minimum Gasteiger partial charge on any atom is -0.392 e. The molecule has 4 bridgehead atoms. The molecular formula is C32H31BClO. The fourth-order valence-corrected chi connectivity index (χ4v) is 9.93. The maximum Gasteiger partial charge on any atom is 0.141 e. The number of aliphatic hydroxyl groups excluding tert-OH is 1. The van der Waals surface area contributed by atoms with E-state index in [1.807, 2.05) is 0 Å². The van der Waals surface area contributed by atoms with Crippen LogP contribution in [0.3, 0.4) is 0 Å². The van der Waals surface area contributed by atoms with E-state index < -0.39 is 0 Å². The predicted molar refractivity (Wildman–Crippen MR) is 145 cm³/mol. The maximum atomic E-state index is 11.3. The molecule has 1 nitrogen and oxygen atoms in total. The Hall–Kier alpha value is -2.03. The number of halogens is 1. The number of fused-ring (bicyclic) bond motifs is 5. The highest BCUT2D eigenvalue weighted by Gasteiger charge is 2.63. The summed E-state index contributed by atoms with van der Waals surface area (Å²) in [6, 6.07) is 18.1. The van der Waals surface area contributed by atoms with Crippen molar-refractivity contribution in [2.75, 3.05) is 0 Å². The second-order valence-electron chi connectivity index (χ2n) is 12.1. The van der Waals surface area contributed by atoms with Gasteiger partial charge in [-0.05, 0) is 107 Å². The van der Waals surface area contributed by atoms with Gasteiger partial charge in [-0.2, -0.15) is 0 Å². The lowest BCUT2D eigenvalue weighted by molar-refractivity contribution is -0.0393. The van der Waals surface area contributed by atoms with Gasteiger partial charge < -0.3 is 5.11 Å². The Labute approximate surface area is 213 Å². The summed E-state index contributed by atoms with van der Waals surface area (Å²) in [5.41, 5.74) is 7.10. The Morgan fingerprint density at radius 2 is 1.66 bits per heavy atom. The molecule has 1 aliphatic heterocycles. The molecule has 0 amide bonds. The third-order valence-corrected chi connectivity index (χ3v) is 10.8. The van der Waals surface area contributed by atoms with Crippen molar-refractivity contribution in [2.45, 2.75) is 62.3 Å². The number of hydrogen-bond acceptors (Lipinski definition) is 1. The smallest absolute Gasteiger partial charge is 0.141 e. The van der Waals surface area contributed by atoms with Crippen molar-refractivity contribution < 1.29 is 5.11 Å². The second kappa shape index (κ2) is 7.50. The first-order chi connectivity index (χ1) is 17.2. The van der Waals surface area contributed by atoms with Crippen molar-refractivity contribution in [3.63, 3.8) is 0 Å². The summed E-state index contributed by atoms with van der Waals surface area (Å²) in [6.07, 6.45) is 10.2. The van der Waals surface area contributed by atoms with E-state index >= 15 is 0 Å². The minimum atomic E-state index is -0.368. The zero-order valence-electron chi connectivity index (χ0n) is 20.1. The Bertz CT molecular complexity index is 1360. The number of aliphatic hydroxyl groups is 1. The van der Waals surface area contributed by atoms with Crippen LogP contribution in [0.4, 0.5) is 0 Å². The third-order valence-electron chi connectivity index (χ3n) is 10.5. The van der Waals surface area contributed by atoms with E-state index in [-0.39, 0.29) is 17.4 Å². The summed E-state index contributed by atoms with van der Waals surface area (Å²) in [4.78, 5) is 0. The average Bonchev–Trinajstić information content (AvgIpc) is 3.01. The zero-order valence-corrected chi connectivity index (χ0v) is 20.8. The molecule has 9 rings (SSSR count). The molecule has 175 valence electrons. The van der Waals surface area contributed by atoms with Gasteiger partial charge in [0.15, 0.2) is 0 Å². The van der Waals surface area contributed by atoms with Crippen molar-refractivity contribution in [1.82, 2.24) is 0 Å². The molecule has 2 atom stereocenters. The number of benzene rings is 3. The van der Waals surface area contributed by atoms with Crippen molar-refractivity contribution >= 4 is 29.7 Å². The molecule has 4 fully saturated rings. The Kier molecular flexibility index (Phi) is 4.52. The van der Waals surface area contributed by atoms with Gasteiger partial charge in [0.2, 0.25) is 0 Å². The van der Waals surface area contributed by atoms with E-state index in [0.717, 1.165) is 23.2 Å². The molecule has 3 heteroatoms.